The minimum absolute atomic E-state index is 0.312. The molecule has 0 saturated carbocycles. The highest BCUT2D eigenvalue weighted by molar-refractivity contribution is 5.50. The van der Waals surface area contributed by atoms with Gasteiger partial charge in [-0.2, -0.15) is 0 Å². The molecule has 4 aromatic carbocycles. The third-order valence-corrected chi connectivity index (χ3v) is 7.86. The van der Waals surface area contributed by atoms with Crippen molar-refractivity contribution in [2.24, 2.45) is 0 Å². The molecule has 0 amide bonds. The average Bonchev–Trinajstić information content (AvgIpc) is 3.67. The molecule has 1 aliphatic rings. The van der Waals surface area contributed by atoms with E-state index in [1.807, 2.05) is 68.6 Å². The Morgan fingerprint density at radius 1 is 0.833 bits per heavy atom. The normalized spacial score (nSPS) is 18.0. The molecule has 0 aliphatic carbocycles. The maximum Gasteiger partial charge on any atom is 0.163 e. The van der Waals surface area contributed by atoms with Gasteiger partial charge in [0.2, 0.25) is 0 Å². The maximum absolute atomic E-state index is 11.8. The van der Waals surface area contributed by atoms with E-state index in [9.17, 15) is 5.11 Å². The topological polar surface area (TPSA) is 65.7 Å². The van der Waals surface area contributed by atoms with Gasteiger partial charge < -0.3 is 23.9 Å². The smallest absolute Gasteiger partial charge is 0.163 e. The van der Waals surface area contributed by atoms with Crippen molar-refractivity contribution in [2.75, 3.05) is 6.61 Å². The van der Waals surface area contributed by atoms with Crippen molar-refractivity contribution in [3.8, 4) is 0 Å². The van der Waals surface area contributed by atoms with Crippen LogP contribution in [0.5, 0.6) is 0 Å². The molecule has 1 fully saturated rings. The summed E-state index contributed by atoms with van der Waals surface area (Å²) in [6.07, 6.45) is 1.51. The fourth-order valence-corrected chi connectivity index (χ4v) is 5.87. The van der Waals surface area contributed by atoms with E-state index in [0.29, 0.717) is 18.9 Å². The first-order valence-electron chi connectivity index (χ1n) is 14.3. The summed E-state index contributed by atoms with van der Waals surface area (Å²) in [4.78, 5) is 4.78. The van der Waals surface area contributed by atoms with Crippen molar-refractivity contribution in [3.63, 3.8) is 0 Å². The maximum atomic E-state index is 11.8. The van der Waals surface area contributed by atoms with Gasteiger partial charge in [-0.3, -0.25) is 0 Å². The molecular weight excluding hydrogens is 524 g/mol. The van der Waals surface area contributed by atoms with E-state index < -0.39 is 29.6 Å². The third kappa shape index (κ3) is 5.54. The summed E-state index contributed by atoms with van der Waals surface area (Å²) in [7, 11) is 0. The Morgan fingerprint density at radius 2 is 1.33 bits per heavy atom. The number of hydrogen-bond donors (Lipinski definition) is 1. The van der Waals surface area contributed by atoms with Gasteiger partial charge in [0.25, 0.3) is 0 Å². The lowest BCUT2D eigenvalue weighted by Gasteiger charge is -2.37. The Morgan fingerprint density at radius 3 is 1.81 bits per heavy atom. The SMILES string of the molecule is CC1(C)OC[C@H]([C@H](OCc2ccccc2)[C@@H](O)c2cn(C(c3ccccc3)(c3ccccc3)c3ccccc3)cn2)O1. The quantitative estimate of drug-likeness (QED) is 0.198. The highest BCUT2D eigenvalue weighted by Crippen LogP contribution is 2.41. The van der Waals surface area contributed by atoms with Crippen LogP contribution in [0.2, 0.25) is 0 Å². The van der Waals surface area contributed by atoms with Crippen LogP contribution >= 0.6 is 0 Å². The molecule has 42 heavy (non-hydrogen) atoms. The van der Waals surface area contributed by atoms with E-state index >= 15 is 0 Å². The van der Waals surface area contributed by atoms with Crippen molar-refractivity contribution in [2.45, 2.75) is 50.1 Å². The van der Waals surface area contributed by atoms with Gasteiger partial charge in [0.05, 0.1) is 25.2 Å². The second-order valence-electron chi connectivity index (χ2n) is 11.1. The molecule has 6 nitrogen and oxygen atoms in total. The van der Waals surface area contributed by atoms with Gasteiger partial charge in [-0.05, 0) is 36.1 Å². The van der Waals surface area contributed by atoms with E-state index in [0.717, 1.165) is 22.3 Å². The molecular formula is C36H36N2O4. The van der Waals surface area contributed by atoms with E-state index in [4.69, 9.17) is 19.2 Å². The number of rotatable bonds is 10. The van der Waals surface area contributed by atoms with Crippen LogP contribution in [0.1, 0.15) is 47.9 Å². The molecule has 0 spiro atoms. The molecule has 3 atom stereocenters. The number of benzene rings is 4. The molecule has 1 saturated heterocycles. The molecule has 6 heteroatoms. The lowest BCUT2D eigenvalue weighted by molar-refractivity contribution is -0.172. The molecule has 0 unspecified atom stereocenters. The van der Waals surface area contributed by atoms with Crippen molar-refractivity contribution in [1.82, 2.24) is 9.55 Å². The fraction of sp³-hybridized carbons (Fsp3) is 0.250. The minimum Gasteiger partial charge on any atom is -0.384 e. The zero-order chi connectivity index (χ0) is 29.0. The van der Waals surface area contributed by atoms with Crippen LogP contribution < -0.4 is 0 Å². The minimum atomic E-state index is -1.06. The Bertz CT molecular complexity index is 1460. The number of aromatic nitrogens is 2. The summed E-state index contributed by atoms with van der Waals surface area (Å²) < 4.78 is 20.5. The van der Waals surface area contributed by atoms with Crippen LogP contribution in [0, 0.1) is 0 Å². The zero-order valence-electron chi connectivity index (χ0n) is 23.9. The standard InChI is InChI=1S/C36H36N2O4/c1-35(2)41-25-32(42-35)34(40-24-27-15-7-3-8-16-27)33(39)31-23-38(26-37-31)36(28-17-9-4-10-18-28,29-19-11-5-12-20-29)30-21-13-6-14-22-30/h3-23,26,32-34,39H,24-25H2,1-2H3/t32-,33+,34+/m1/s1. The molecule has 6 rings (SSSR count). The van der Waals surface area contributed by atoms with Crippen LogP contribution in [-0.2, 0) is 26.4 Å². The molecule has 1 N–H and O–H groups in total. The second-order valence-corrected chi connectivity index (χ2v) is 11.1. The summed E-state index contributed by atoms with van der Waals surface area (Å²) in [5.41, 5.74) is 4.00. The number of ether oxygens (including phenoxy) is 3. The average molecular weight is 561 g/mol. The summed E-state index contributed by atoms with van der Waals surface area (Å²) >= 11 is 0. The van der Waals surface area contributed by atoms with Crippen molar-refractivity contribution in [1.29, 1.82) is 0 Å². The summed E-state index contributed by atoms with van der Waals surface area (Å²) in [5.74, 6) is -0.763. The molecule has 0 radical (unpaired) electrons. The lowest BCUT2D eigenvalue weighted by Crippen LogP contribution is -2.38. The van der Waals surface area contributed by atoms with E-state index in [2.05, 4.69) is 77.4 Å². The van der Waals surface area contributed by atoms with Crippen molar-refractivity contribution < 1.29 is 19.3 Å². The lowest BCUT2D eigenvalue weighted by atomic mass is 9.77. The largest absolute Gasteiger partial charge is 0.384 e. The number of aliphatic hydroxyl groups is 1. The molecule has 1 aromatic heterocycles. The highest BCUT2D eigenvalue weighted by Gasteiger charge is 2.43. The van der Waals surface area contributed by atoms with Crippen LogP contribution in [-0.4, -0.2) is 39.3 Å². The molecule has 214 valence electrons. The van der Waals surface area contributed by atoms with Gasteiger partial charge in [0.1, 0.15) is 23.9 Å². The van der Waals surface area contributed by atoms with Crippen LogP contribution in [0.15, 0.2) is 134 Å². The zero-order valence-corrected chi connectivity index (χ0v) is 23.9. The molecule has 1 aliphatic heterocycles. The predicted molar refractivity (Wildman–Crippen MR) is 162 cm³/mol. The highest BCUT2D eigenvalue weighted by atomic mass is 16.7. The first kappa shape index (κ1) is 28.1. The fourth-order valence-electron chi connectivity index (χ4n) is 5.87. The first-order valence-corrected chi connectivity index (χ1v) is 14.3. The number of aliphatic hydroxyl groups excluding tert-OH is 1. The van der Waals surface area contributed by atoms with Gasteiger partial charge in [0, 0.05) is 6.20 Å². The summed E-state index contributed by atoms with van der Waals surface area (Å²) in [6.45, 7) is 4.38. The number of nitrogens with zero attached hydrogens (tertiary/aromatic N) is 2. The monoisotopic (exact) mass is 560 g/mol. The summed E-state index contributed by atoms with van der Waals surface area (Å²) in [5, 5.41) is 11.8. The Labute approximate surface area is 247 Å². The molecule has 0 bridgehead atoms. The van der Waals surface area contributed by atoms with Crippen LogP contribution in [0.4, 0.5) is 0 Å². The van der Waals surface area contributed by atoms with Gasteiger partial charge in [-0.1, -0.05) is 121 Å². The van der Waals surface area contributed by atoms with E-state index in [1.165, 1.54) is 0 Å². The van der Waals surface area contributed by atoms with Crippen LogP contribution in [0.25, 0.3) is 0 Å². The predicted octanol–water partition coefficient (Wildman–Crippen LogP) is 6.49. The van der Waals surface area contributed by atoms with Crippen molar-refractivity contribution >= 4 is 0 Å². The Hall–Kier alpha value is -4.07. The summed E-state index contributed by atoms with van der Waals surface area (Å²) in [6, 6.07) is 41.1. The number of hydrogen-bond acceptors (Lipinski definition) is 5. The van der Waals surface area contributed by atoms with Gasteiger partial charge in [-0.15, -0.1) is 0 Å². The molecule has 5 aromatic rings. The Balaban J connectivity index is 1.43. The van der Waals surface area contributed by atoms with E-state index in [1.54, 1.807) is 6.33 Å². The second kappa shape index (κ2) is 12.0. The van der Waals surface area contributed by atoms with E-state index in [-0.39, 0.29) is 0 Å². The van der Waals surface area contributed by atoms with Gasteiger partial charge in [-0.25, -0.2) is 4.98 Å². The van der Waals surface area contributed by atoms with Crippen molar-refractivity contribution in [3.05, 3.63) is 162 Å². The molecule has 2 heterocycles. The number of imidazole rings is 1. The third-order valence-electron chi connectivity index (χ3n) is 7.86. The van der Waals surface area contributed by atoms with Gasteiger partial charge in [0.15, 0.2) is 5.79 Å². The van der Waals surface area contributed by atoms with Crippen LogP contribution in [0.3, 0.4) is 0 Å². The van der Waals surface area contributed by atoms with Gasteiger partial charge >= 0.3 is 0 Å². The Kier molecular flexibility index (Phi) is 8.05. The first-order chi connectivity index (χ1) is 20.5.